The molecule has 0 saturated heterocycles. The summed E-state index contributed by atoms with van der Waals surface area (Å²) in [6, 6.07) is 29.9. The molecular weight excluding hydrogens is 264 g/mol. The highest BCUT2D eigenvalue weighted by Gasteiger charge is 2.03. The molecule has 4 aromatic carbocycles. The van der Waals surface area contributed by atoms with Gasteiger partial charge in [-0.15, -0.1) is 0 Å². The average Bonchev–Trinajstić information content (AvgIpc) is 2.60. The third-order valence-electron chi connectivity index (χ3n) is 3.83. The lowest BCUT2D eigenvalue weighted by Crippen LogP contribution is -1.83. The number of fused-ring (bicyclic) bond motifs is 3. The molecule has 1 radical (unpaired) electrons. The largest absolute Gasteiger partial charge is 0.0616 e. The van der Waals surface area contributed by atoms with Crippen molar-refractivity contribution < 1.29 is 0 Å². The fourth-order valence-electron chi connectivity index (χ4n) is 2.77. The number of hydrogen-bond acceptors (Lipinski definition) is 0. The SMILES string of the molecule is C(#Cc1cc2ccccc2c2ccccc12)c1cc[c]cc1. The zero-order valence-corrected chi connectivity index (χ0v) is 12.0. The Morgan fingerprint density at radius 1 is 0.636 bits per heavy atom. The lowest BCUT2D eigenvalue weighted by molar-refractivity contribution is 1.63. The summed E-state index contributed by atoms with van der Waals surface area (Å²) in [6.07, 6.45) is 0. The zero-order chi connectivity index (χ0) is 14.8. The van der Waals surface area contributed by atoms with Gasteiger partial charge in [0.1, 0.15) is 0 Å². The number of benzene rings is 4. The van der Waals surface area contributed by atoms with E-state index in [0.29, 0.717) is 0 Å². The maximum absolute atomic E-state index is 3.33. The summed E-state index contributed by atoms with van der Waals surface area (Å²) >= 11 is 0. The van der Waals surface area contributed by atoms with E-state index in [2.05, 4.69) is 72.5 Å². The molecule has 0 aliphatic carbocycles. The van der Waals surface area contributed by atoms with Gasteiger partial charge in [0, 0.05) is 11.1 Å². The summed E-state index contributed by atoms with van der Waals surface area (Å²) in [5, 5.41) is 4.97. The average molecular weight is 277 g/mol. The molecule has 0 heterocycles. The molecule has 0 nitrogen and oxygen atoms in total. The van der Waals surface area contributed by atoms with E-state index in [0.717, 1.165) is 11.1 Å². The number of rotatable bonds is 0. The van der Waals surface area contributed by atoms with E-state index in [1.807, 2.05) is 24.3 Å². The van der Waals surface area contributed by atoms with Crippen LogP contribution in [0.3, 0.4) is 0 Å². The van der Waals surface area contributed by atoms with Crippen LogP contribution in [-0.2, 0) is 0 Å². The van der Waals surface area contributed by atoms with Crippen molar-refractivity contribution in [3.8, 4) is 11.8 Å². The van der Waals surface area contributed by atoms with Crippen LogP contribution in [0.2, 0.25) is 0 Å². The molecule has 0 unspecified atom stereocenters. The summed E-state index contributed by atoms with van der Waals surface area (Å²) in [6.45, 7) is 0. The van der Waals surface area contributed by atoms with Crippen LogP contribution in [0.5, 0.6) is 0 Å². The third-order valence-corrected chi connectivity index (χ3v) is 3.83. The zero-order valence-electron chi connectivity index (χ0n) is 12.0. The molecule has 0 spiro atoms. The van der Waals surface area contributed by atoms with E-state index in [-0.39, 0.29) is 0 Å². The van der Waals surface area contributed by atoms with E-state index in [1.165, 1.54) is 21.5 Å². The molecule has 101 valence electrons. The molecule has 0 aromatic heterocycles. The first kappa shape index (κ1) is 12.7. The maximum atomic E-state index is 3.33. The van der Waals surface area contributed by atoms with Gasteiger partial charge in [-0.3, -0.25) is 0 Å². The van der Waals surface area contributed by atoms with E-state index in [4.69, 9.17) is 0 Å². The van der Waals surface area contributed by atoms with Gasteiger partial charge in [0.05, 0.1) is 0 Å². The lowest BCUT2D eigenvalue weighted by atomic mass is 9.97. The number of hydrogen-bond donors (Lipinski definition) is 0. The van der Waals surface area contributed by atoms with Gasteiger partial charge in [-0.1, -0.05) is 72.5 Å². The van der Waals surface area contributed by atoms with E-state index < -0.39 is 0 Å². The van der Waals surface area contributed by atoms with Gasteiger partial charge in [-0.2, -0.15) is 0 Å². The molecule has 0 saturated carbocycles. The van der Waals surface area contributed by atoms with Crippen LogP contribution in [0.15, 0.2) is 78.9 Å². The van der Waals surface area contributed by atoms with Gasteiger partial charge in [-0.25, -0.2) is 0 Å². The minimum absolute atomic E-state index is 1.01. The molecule has 22 heavy (non-hydrogen) atoms. The third kappa shape index (κ3) is 2.24. The van der Waals surface area contributed by atoms with Crippen molar-refractivity contribution >= 4 is 21.5 Å². The molecule has 0 bridgehead atoms. The summed E-state index contributed by atoms with van der Waals surface area (Å²) in [5.41, 5.74) is 2.08. The molecule has 0 fully saturated rings. The monoisotopic (exact) mass is 277 g/mol. The summed E-state index contributed by atoms with van der Waals surface area (Å²) < 4.78 is 0. The van der Waals surface area contributed by atoms with Gasteiger partial charge < -0.3 is 0 Å². The summed E-state index contributed by atoms with van der Waals surface area (Å²) in [4.78, 5) is 0. The van der Waals surface area contributed by atoms with Crippen LogP contribution >= 0.6 is 0 Å². The molecule has 4 rings (SSSR count). The first-order valence-electron chi connectivity index (χ1n) is 7.30. The minimum atomic E-state index is 1.01. The fraction of sp³-hybridized carbons (Fsp3) is 0. The van der Waals surface area contributed by atoms with Crippen molar-refractivity contribution in [1.82, 2.24) is 0 Å². The van der Waals surface area contributed by atoms with Gasteiger partial charge in [0.25, 0.3) is 0 Å². The Morgan fingerprint density at radius 3 is 2.14 bits per heavy atom. The van der Waals surface area contributed by atoms with E-state index in [9.17, 15) is 0 Å². The second-order valence-corrected chi connectivity index (χ2v) is 5.23. The molecule has 0 aliphatic rings. The van der Waals surface area contributed by atoms with Gasteiger partial charge >= 0.3 is 0 Å². The van der Waals surface area contributed by atoms with Crippen LogP contribution in [0.4, 0.5) is 0 Å². The Morgan fingerprint density at radius 2 is 1.32 bits per heavy atom. The normalized spacial score (nSPS) is 10.4. The summed E-state index contributed by atoms with van der Waals surface area (Å²) in [5.74, 6) is 6.58. The van der Waals surface area contributed by atoms with Crippen LogP contribution in [-0.4, -0.2) is 0 Å². The topological polar surface area (TPSA) is 0 Å². The van der Waals surface area contributed by atoms with Crippen LogP contribution in [0, 0.1) is 17.9 Å². The molecule has 0 atom stereocenters. The quantitative estimate of drug-likeness (QED) is 0.306. The highest BCUT2D eigenvalue weighted by Crippen LogP contribution is 2.28. The fourth-order valence-corrected chi connectivity index (χ4v) is 2.77. The highest BCUT2D eigenvalue weighted by atomic mass is 14.1. The highest BCUT2D eigenvalue weighted by molar-refractivity contribution is 6.09. The van der Waals surface area contributed by atoms with Gasteiger partial charge in [0.15, 0.2) is 0 Å². The predicted octanol–water partition coefficient (Wildman–Crippen LogP) is 5.19. The van der Waals surface area contributed by atoms with Crippen molar-refractivity contribution in [3.63, 3.8) is 0 Å². The predicted molar refractivity (Wildman–Crippen MR) is 92.7 cm³/mol. The van der Waals surface area contributed by atoms with Crippen LogP contribution in [0.1, 0.15) is 11.1 Å². The first-order chi connectivity index (χ1) is 10.9. The minimum Gasteiger partial charge on any atom is -0.0616 e. The Bertz CT molecular complexity index is 1020. The Balaban J connectivity index is 1.99. The van der Waals surface area contributed by atoms with Gasteiger partial charge in [0.2, 0.25) is 0 Å². The van der Waals surface area contributed by atoms with Crippen LogP contribution in [0.25, 0.3) is 21.5 Å². The van der Waals surface area contributed by atoms with Gasteiger partial charge in [-0.05, 0) is 45.8 Å². The molecule has 0 amide bonds. The molecule has 4 aromatic rings. The van der Waals surface area contributed by atoms with E-state index >= 15 is 0 Å². The van der Waals surface area contributed by atoms with Crippen molar-refractivity contribution in [2.45, 2.75) is 0 Å². The Hall–Kier alpha value is -3.04. The smallest absolute Gasteiger partial charge is 0.0333 e. The van der Waals surface area contributed by atoms with Crippen molar-refractivity contribution in [1.29, 1.82) is 0 Å². The maximum Gasteiger partial charge on any atom is 0.0333 e. The molecular formula is C22H13. The second kappa shape index (κ2) is 5.39. The first-order valence-corrected chi connectivity index (χ1v) is 7.30. The van der Waals surface area contributed by atoms with Crippen molar-refractivity contribution in [2.75, 3.05) is 0 Å². The molecule has 0 heteroatoms. The Kier molecular flexibility index (Phi) is 3.11. The standard InChI is InChI=1S/C22H13/c1-2-8-17(9-3-1)14-15-19-16-18-10-4-5-11-20(18)22-13-7-6-12-21(19)22/h2-13,16H. The van der Waals surface area contributed by atoms with Crippen molar-refractivity contribution in [3.05, 3.63) is 96.1 Å². The second-order valence-electron chi connectivity index (χ2n) is 5.23. The summed E-state index contributed by atoms with van der Waals surface area (Å²) in [7, 11) is 0. The van der Waals surface area contributed by atoms with E-state index in [1.54, 1.807) is 0 Å². The lowest BCUT2D eigenvalue weighted by Gasteiger charge is -2.06. The molecule has 0 N–H and O–H groups in total. The van der Waals surface area contributed by atoms with Crippen molar-refractivity contribution in [2.24, 2.45) is 0 Å². The van der Waals surface area contributed by atoms with Crippen LogP contribution < -0.4 is 0 Å². The molecule has 0 aliphatic heterocycles. The Labute approximate surface area is 130 Å².